The maximum absolute atomic E-state index is 13.7. The largest absolute Gasteiger partial charge is 0.353 e. The van der Waals surface area contributed by atoms with Crippen molar-refractivity contribution < 1.29 is 4.39 Å². The fraction of sp³-hybridized carbons (Fsp3) is 0. The van der Waals surface area contributed by atoms with Gasteiger partial charge in [0.1, 0.15) is 11.0 Å². The molecule has 1 aromatic carbocycles. The van der Waals surface area contributed by atoms with Crippen molar-refractivity contribution in [1.29, 1.82) is 0 Å². The fourth-order valence-corrected chi connectivity index (χ4v) is 2.36. The van der Waals surface area contributed by atoms with Crippen LogP contribution in [0.15, 0.2) is 28.7 Å². The Morgan fingerprint density at radius 1 is 1.25 bits per heavy atom. The van der Waals surface area contributed by atoms with Gasteiger partial charge in [-0.15, -0.1) is 0 Å². The first-order valence-corrected chi connectivity index (χ1v) is 5.74. The van der Waals surface area contributed by atoms with Crippen molar-refractivity contribution in [3.05, 3.63) is 39.7 Å². The van der Waals surface area contributed by atoms with Crippen molar-refractivity contribution in [3.63, 3.8) is 0 Å². The molecule has 0 atom stereocenters. The first-order chi connectivity index (χ1) is 7.63. The van der Waals surface area contributed by atoms with Crippen LogP contribution < -0.4 is 0 Å². The molecule has 0 aromatic heterocycles. The zero-order valence-corrected chi connectivity index (χ0v) is 10.2. The molecule has 0 fully saturated rings. The molecule has 0 aliphatic carbocycles. The summed E-state index contributed by atoms with van der Waals surface area (Å²) in [6.07, 6.45) is 0. The fourth-order valence-electron chi connectivity index (χ4n) is 1.73. The van der Waals surface area contributed by atoms with Crippen molar-refractivity contribution in [2.75, 3.05) is 0 Å². The molecular weight excluding hydrogens is 294 g/mol. The quantitative estimate of drug-likeness (QED) is 0.661. The van der Waals surface area contributed by atoms with Crippen molar-refractivity contribution in [3.8, 4) is 11.4 Å². The number of H-pyrrole nitrogens is 1. The summed E-state index contributed by atoms with van der Waals surface area (Å²) in [5, 5.41) is 0.909. The molecule has 2 heterocycles. The van der Waals surface area contributed by atoms with Crippen LogP contribution in [0, 0.1) is 5.82 Å². The first-order valence-electron chi connectivity index (χ1n) is 4.57. The van der Waals surface area contributed by atoms with Gasteiger partial charge in [-0.05, 0) is 18.2 Å². The molecule has 5 heteroatoms. The van der Waals surface area contributed by atoms with Gasteiger partial charge in [0.2, 0.25) is 0 Å². The normalized spacial score (nSPS) is 11.4. The number of nitrogens with zero attached hydrogens (tertiary/aromatic N) is 1. The summed E-state index contributed by atoms with van der Waals surface area (Å²) in [6, 6.07) is 6.65. The Kier molecular flexibility index (Phi) is 2.16. The predicted molar refractivity (Wildman–Crippen MR) is 65.4 cm³/mol. The van der Waals surface area contributed by atoms with E-state index >= 15 is 0 Å². The van der Waals surface area contributed by atoms with Crippen LogP contribution >= 0.6 is 27.5 Å². The second-order valence-corrected chi connectivity index (χ2v) is 4.80. The Balaban J connectivity index is 2.47. The highest BCUT2D eigenvalue weighted by atomic mass is 79.9. The number of pyridine rings is 1. The lowest BCUT2D eigenvalue weighted by Gasteiger charge is -2.04. The van der Waals surface area contributed by atoms with E-state index in [2.05, 4.69) is 25.9 Å². The lowest BCUT2D eigenvalue weighted by molar-refractivity contribution is 0.639. The number of rotatable bonds is 0. The molecule has 3 rings (SSSR count). The Morgan fingerprint density at radius 2 is 2.06 bits per heavy atom. The Hall–Kier alpha value is -1.13. The van der Waals surface area contributed by atoms with Gasteiger partial charge in [-0.3, -0.25) is 0 Å². The van der Waals surface area contributed by atoms with Gasteiger partial charge in [-0.1, -0.05) is 27.5 Å². The average Bonchev–Trinajstić information content (AvgIpc) is 2.54. The average molecular weight is 300 g/mol. The van der Waals surface area contributed by atoms with Gasteiger partial charge in [-0.2, -0.15) is 0 Å². The smallest absolute Gasteiger partial charge is 0.133 e. The summed E-state index contributed by atoms with van der Waals surface area (Å²) < 4.78 is 14.4. The van der Waals surface area contributed by atoms with Gasteiger partial charge in [0.05, 0.1) is 11.4 Å². The minimum absolute atomic E-state index is 0.290. The van der Waals surface area contributed by atoms with E-state index in [4.69, 9.17) is 11.6 Å². The number of nitrogens with one attached hydrogen (secondary N) is 1. The highest BCUT2D eigenvalue weighted by molar-refractivity contribution is 9.10. The molecule has 0 saturated heterocycles. The number of aromatic nitrogens is 2. The molecule has 2 aliphatic rings. The molecule has 16 heavy (non-hydrogen) atoms. The molecule has 1 aromatic rings. The van der Waals surface area contributed by atoms with E-state index in [1.807, 2.05) is 6.07 Å². The number of fused-ring (bicyclic) bond motifs is 2. The third-order valence-corrected chi connectivity index (χ3v) is 3.06. The Bertz CT molecular complexity index is 665. The molecule has 0 saturated carbocycles. The molecule has 2 nitrogen and oxygen atoms in total. The minimum atomic E-state index is -0.290. The lowest BCUT2D eigenvalue weighted by Crippen LogP contribution is -1.88. The van der Waals surface area contributed by atoms with Crippen LogP contribution in [0.5, 0.6) is 0 Å². The monoisotopic (exact) mass is 298 g/mol. The molecule has 0 unspecified atom stereocenters. The predicted octanol–water partition coefficient (Wildman–Crippen LogP) is 4.22. The van der Waals surface area contributed by atoms with Crippen LogP contribution in [0.1, 0.15) is 0 Å². The summed E-state index contributed by atoms with van der Waals surface area (Å²) in [5.41, 5.74) is 2.18. The molecule has 0 radical (unpaired) electrons. The lowest BCUT2D eigenvalue weighted by atomic mass is 10.1. The highest BCUT2D eigenvalue weighted by Gasteiger charge is 2.12. The molecular formula is C11H5BrClFN2. The van der Waals surface area contributed by atoms with E-state index in [9.17, 15) is 4.39 Å². The Morgan fingerprint density at radius 3 is 2.88 bits per heavy atom. The molecule has 1 N–H and O–H groups in total. The van der Waals surface area contributed by atoms with Crippen molar-refractivity contribution >= 4 is 38.4 Å². The molecule has 0 spiro atoms. The molecule has 0 bridgehead atoms. The number of aromatic amines is 1. The van der Waals surface area contributed by atoms with Crippen LogP contribution in [-0.2, 0) is 0 Å². The van der Waals surface area contributed by atoms with Crippen LogP contribution in [-0.4, -0.2) is 9.97 Å². The van der Waals surface area contributed by atoms with E-state index in [1.165, 1.54) is 6.07 Å². The maximum atomic E-state index is 13.7. The summed E-state index contributed by atoms with van der Waals surface area (Å²) >= 11 is 9.04. The second kappa shape index (κ2) is 3.43. The zero-order valence-electron chi connectivity index (χ0n) is 7.89. The van der Waals surface area contributed by atoms with Crippen LogP contribution in [0.4, 0.5) is 4.39 Å². The minimum Gasteiger partial charge on any atom is -0.353 e. The van der Waals surface area contributed by atoms with E-state index in [1.54, 1.807) is 12.1 Å². The summed E-state index contributed by atoms with van der Waals surface area (Å²) in [5.74, 6) is -0.290. The van der Waals surface area contributed by atoms with Crippen LogP contribution in [0.3, 0.4) is 0 Å². The second-order valence-electron chi connectivity index (χ2n) is 3.50. The van der Waals surface area contributed by atoms with Gasteiger partial charge < -0.3 is 4.98 Å². The van der Waals surface area contributed by atoms with E-state index in [0.29, 0.717) is 26.2 Å². The van der Waals surface area contributed by atoms with Gasteiger partial charge in [0.25, 0.3) is 0 Å². The van der Waals surface area contributed by atoms with Crippen LogP contribution in [0.2, 0.25) is 5.15 Å². The molecule has 0 amide bonds. The zero-order chi connectivity index (χ0) is 11.3. The van der Waals surface area contributed by atoms with Gasteiger partial charge in [0.15, 0.2) is 0 Å². The van der Waals surface area contributed by atoms with Crippen molar-refractivity contribution in [2.45, 2.75) is 0 Å². The SMILES string of the molecule is Fc1cc(Br)cc2[nH]c3cc(Cl)nc-3cc12. The highest BCUT2D eigenvalue weighted by Crippen LogP contribution is 2.30. The Labute approximate surface area is 104 Å². The summed E-state index contributed by atoms with van der Waals surface area (Å²) in [4.78, 5) is 7.18. The summed E-state index contributed by atoms with van der Waals surface area (Å²) in [6.45, 7) is 0. The van der Waals surface area contributed by atoms with Gasteiger partial charge in [0, 0.05) is 21.4 Å². The first kappa shape index (κ1) is 10.1. The third kappa shape index (κ3) is 1.49. The maximum Gasteiger partial charge on any atom is 0.133 e. The molecule has 2 aliphatic heterocycles. The van der Waals surface area contributed by atoms with Crippen LogP contribution in [0.25, 0.3) is 22.3 Å². The van der Waals surface area contributed by atoms with Crippen molar-refractivity contribution in [2.24, 2.45) is 0 Å². The van der Waals surface area contributed by atoms with Crippen molar-refractivity contribution in [1.82, 2.24) is 9.97 Å². The topological polar surface area (TPSA) is 28.7 Å². The van der Waals surface area contributed by atoms with Gasteiger partial charge in [-0.25, -0.2) is 9.37 Å². The van der Waals surface area contributed by atoms with E-state index in [0.717, 1.165) is 5.69 Å². The van der Waals surface area contributed by atoms with E-state index < -0.39 is 0 Å². The number of halogens is 3. The third-order valence-electron chi connectivity index (χ3n) is 2.41. The number of hydrogen-bond acceptors (Lipinski definition) is 1. The number of hydrogen-bond donors (Lipinski definition) is 1. The van der Waals surface area contributed by atoms with E-state index in [-0.39, 0.29) is 5.82 Å². The number of benzene rings is 1. The molecule has 80 valence electrons. The van der Waals surface area contributed by atoms with Gasteiger partial charge >= 0.3 is 0 Å². The summed E-state index contributed by atoms with van der Waals surface area (Å²) in [7, 11) is 0. The standard InChI is InChI=1S/C11H5BrClFN2/c12-5-1-7(14)6-3-9-10(4-11(13)16-9)15-8(6)2-5/h1-4,15H.